The van der Waals surface area contributed by atoms with E-state index in [9.17, 15) is 0 Å². The van der Waals surface area contributed by atoms with Crippen molar-refractivity contribution in [3.05, 3.63) is 53.6 Å². The summed E-state index contributed by atoms with van der Waals surface area (Å²) in [4.78, 5) is 3.96. The van der Waals surface area contributed by atoms with Crippen LogP contribution in [0.5, 0.6) is 0 Å². The lowest BCUT2D eigenvalue weighted by Gasteiger charge is -2.01. The van der Waals surface area contributed by atoms with Gasteiger partial charge in [0.15, 0.2) is 0 Å². The fourth-order valence-corrected chi connectivity index (χ4v) is 1.37. The predicted octanol–water partition coefficient (Wildman–Crippen LogP) is 2.38. The lowest BCUT2D eigenvalue weighted by Crippen LogP contribution is -1.95. The molecule has 0 aliphatic heterocycles. The van der Waals surface area contributed by atoms with E-state index >= 15 is 0 Å². The Kier molecular flexibility index (Phi) is 2.32. The van der Waals surface area contributed by atoms with Gasteiger partial charge in [-0.25, -0.2) is 4.98 Å². The second kappa shape index (κ2) is 3.62. The number of benzene rings is 1. The van der Waals surface area contributed by atoms with Crippen LogP contribution in [0.15, 0.2) is 36.9 Å². The summed E-state index contributed by atoms with van der Waals surface area (Å²) in [6.45, 7) is 0.800. The Hall–Kier alpha value is -1.28. The molecule has 65 valence electrons. The minimum Gasteiger partial charge on any atom is -0.333 e. The molecule has 0 N–H and O–H groups in total. The van der Waals surface area contributed by atoms with E-state index in [1.807, 2.05) is 29.0 Å². The summed E-state index contributed by atoms with van der Waals surface area (Å²) in [5, 5.41) is 0.651. The van der Waals surface area contributed by atoms with Crippen molar-refractivity contribution in [2.75, 3.05) is 0 Å². The zero-order valence-electron chi connectivity index (χ0n) is 6.94. The van der Waals surface area contributed by atoms with E-state index in [0.717, 1.165) is 12.1 Å². The van der Waals surface area contributed by atoms with Crippen molar-refractivity contribution < 1.29 is 0 Å². The highest BCUT2D eigenvalue weighted by molar-refractivity contribution is 6.30. The van der Waals surface area contributed by atoms with E-state index in [1.54, 1.807) is 12.5 Å². The molecule has 0 saturated heterocycles. The molecule has 1 radical (unpaired) electrons. The molecule has 0 aliphatic carbocycles. The van der Waals surface area contributed by atoms with Gasteiger partial charge in [-0.2, -0.15) is 0 Å². The zero-order valence-corrected chi connectivity index (χ0v) is 7.70. The summed E-state index contributed by atoms with van der Waals surface area (Å²) < 4.78 is 1.99. The van der Waals surface area contributed by atoms with Crippen LogP contribution in [-0.4, -0.2) is 9.55 Å². The Morgan fingerprint density at radius 2 is 2.46 bits per heavy atom. The summed E-state index contributed by atoms with van der Waals surface area (Å²) >= 11 is 5.80. The van der Waals surface area contributed by atoms with Crippen LogP contribution in [0, 0.1) is 6.07 Å². The van der Waals surface area contributed by atoms with Gasteiger partial charge in [0, 0.05) is 30.0 Å². The highest BCUT2D eigenvalue weighted by Gasteiger charge is 1.94. The molecule has 3 heteroatoms. The lowest BCUT2D eigenvalue weighted by molar-refractivity contribution is 0.797. The van der Waals surface area contributed by atoms with Crippen LogP contribution in [0.4, 0.5) is 0 Å². The van der Waals surface area contributed by atoms with Gasteiger partial charge in [0.25, 0.3) is 0 Å². The molecule has 1 aromatic carbocycles. The summed E-state index contributed by atoms with van der Waals surface area (Å²) in [7, 11) is 0. The Morgan fingerprint density at radius 3 is 3.15 bits per heavy atom. The monoisotopic (exact) mass is 191 g/mol. The van der Waals surface area contributed by atoms with Crippen LogP contribution < -0.4 is 0 Å². The Morgan fingerprint density at radius 1 is 1.54 bits per heavy atom. The van der Waals surface area contributed by atoms with Crippen molar-refractivity contribution in [1.29, 1.82) is 0 Å². The van der Waals surface area contributed by atoms with E-state index in [4.69, 9.17) is 11.6 Å². The lowest BCUT2D eigenvalue weighted by atomic mass is 10.2. The molecule has 0 bridgehead atoms. The predicted molar refractivity (Wildman–Crippen MR) is 51.6 cm³/mol. The van der Waals surface area contributed by atoms with E-state index < -0.39 is 0 Å². The average molecular weight is 192 g/mol. The van der Waals surface area contributed by atoms with Crippen molar-refractivity contribution in [1.82, 2.24) is 9.55 Å². The zero-order chi connectivity index (χ0) is 9.10. The largest absolute Gasteiger partial charge is 0.333 e. The average Bonchev–Trinajstić information content (AvgIpc) is 2.57. The maximum atomic E-state index is 5.80. The second-order valence-corrected chi connectivity index (χ2v) is 3.19. The van der Waals surface area contributed by atoms with Crippen molar-refractivity contribution in [2.45, 2.75) is 6.54 Å². The molecule has 0 spiro atoms. The molecule has 0 atom stereocenters. The first-order chi connectivity index (χ1) is 6.34. The van der Waals surface area contributed by atoms with E-state index in [1.165, 1.54) is 0 Å². The smallest absolute Gasteiger partial charge is 0.0949 e. The van der Waals surface area contributed by atoms with Gasteiger partial charge in [-0.3, -0.25) is 0 Å². The molecule has 0 aliphatic rings. The van der Waals surface area contributed by atoms with Crippen molar-refractivity contribution in [3.8, 4) is 0 Å². The Balaban J connectivity index is 2.19. The quantitative estimate of drug-likeness (QED) is 0.713. The molecule has 0 saturated carbocycles. The standard InChI is InChI=1S/C10H8ClN2/c11-10-3-1-2-9(6-10)7-13-5-4-12-8-13/h1-2,4-6,8H,7H2. The highest BCUT2D eigenvalue weighted by Crippen LogP contribution is 2.10. The molecule has 0 fully saturated rings. The van der Waals surface area contributed by atoms with Crippen LogP contribution in [-0.2, 0) is 6.54 Å². The molecule has 0 unspecified atom stereocenters. The van der Waals surface area contributed by atoms with Gasteiger partial charge in [0.2, 0.25) is 0 Å². The van der Waals surface area contributed by atoms with Gasteiger partial charge in [-0.15, -0.1) is 0 Å². The number of nitrogens with zero attached hydrogens (tertiary/aromatic N) is 2. The number of imidazole rings is 1. The van der Waals surface area contributed by atoms with Gasteiger partial charge in [-0.1, -0.05) is 23.7 Å². The first-order valence-electron chi connectivity index (χ1n) is 3.96. The minimum atomic E-state index is 0.651. The number of hydrogen-bond acceptors (Lipinski definition) is 1. The normalized spacial score (nSPS) is 10.2. The molecular weight excluding hydrogens is 184 g/mol. The van der Waals surface area contributed by atoms with Gasteiger partial charge >= 0.3 is 0 Å². The first-order valence-corrected chi connectivity index (χ1v) is 4.34. The number of halogens is 1. The molecular formula is C10H8ClN2. The fraction of sp³-hybridized carbons (Fsp3) is 0.100. The van der Waals surface area contributed by atoms with Crippen LogP contribution in [0.25, 0.3) is 0 Å². The minimum absolute atomic E-state index is 0.651. The van der Waals surface area contributed by atoms with Gasteiger partial charge in [-0.05, 0) is 11.6 Å². The van der Waals surface area contributed by atoms with E-state index in [2.05, 4.69) is 11.1 Å². The topological polar surface area (TPSA) is 17.8 Å². The summed E-state index contributed by atoms with van der Waals surface area (Å²) in [6, 6.07) is 8.62. The molecule has 1 heterocycles. The Bertz CT molecular complexity index is 382. The number of rotatable bonds is 2. The first kappa shape index (κ1) is 8.32. The third-order valence-corrected chi connectivity index (χ3v) is 1.97. The molecule has 2 aromatic rings. The van der Waals surface area contributed by atoms with Crippen LogP contribution in [0.2, 0.25) is 5.02 Å². The van der Waals surface area contributed by atoms with Gasteiger partial charge < -0.3 is 4.57 Å². The van der Waals surface area contributed by atoms with Crippen LogP contribution in [0.3, 0.4) is 0 Å². The van der Waals surface area contributed by atoms with E-state index in [0.29, 0.717) is 5.02 Å². The van der Waals surface area contributed by atoms with Crippen LogP contribution in [0.1, 0.15) is 5.56 Å². The van der Waals surface area contributed by atoms with Crippen molar-refractivity contribution >= 4 is 11.6 Å². The van der Waals surface area contributed by atoms with Gasteiger partial charge in [0.05, 0.1) is 6.33 Å². The second-order valence-electron chi connectivity index (χ2n) is 2.78. The maximum absolute atomic E-state index is 5.80. The van der Waals surface area contributed by atoms with Gasteiger partial charge in [0.1, 0.15) is 0 Å². The maximum Gasteiger partial charge on any atom is 0.0949 e. The van der Waals surface area contributed by atoms with Crippen molar-refractivity contribution in [3.63, 3.8) is 0 Å². The van der Waals surface area contributed by atoms with E-state index in [-0.39, 0.29) is 0 Å². The summed E-state index contributed by atoms with van der Waals surface area (Å²) in [5.74, 6) is 0. The third-order valence-electron chi connectivity index (χ3n) is 1.76. The highest BCUT2D eigenvalue weighted by atomic mass is 35.5. The number of hydrogen-bond donors (Lipinski definition) is 0. The molecule has 0 amide bonds. The SMILES string of the molecule is Clc1[c]ccc(Cn2ccnc2)c1. The third kappa shape index (κ3) is 2.10. The van der Waals surface area contributed by atoms with Crippen LogP contribution >= 0.6 is 11.6 Å². The molecule has 13 heavy (non-hydrogen) atoms. The molecule has 2 nitrogen and oxygen atoms in total. The fourth-order valence-electron chi connectivity index (χ4n) is 1.17. The summed E-state index contributed by atoms with van der Waals surface area (Å²) in [6.07, 6.45) is 5.46. The molecule has 2 rings (SSSR count). The van der Waals surface area contributed by atoms with Crippen molar-refractivity contribution in [2.24, 2.45) is 0 Å². The summed E-state index contributed by atoms with van der Waals surface area (Å²) in [5.41, 5.74) is 1.15. The molecule has 1 aromatic heterocycles. The Labute approximate surface area is 81.8 Å². The number of aromatic nitrogens is 2.